The summed E-state index contributed by atoms with van der Waals surface area (Å²) in [6.45, 7) is 7.88. The topological polar surface area (TPSA) is 47.0 Å². The molecule has 90 valence electrons. The summed E-state index contributed by atoms with van der Waals surface area (Å²) < 4.78 is 5.53. The fourth-order valence-corrected chi connectivity index (χ4v) is 1.26. The van der Waals surface area contributed by atoms with Crippen LogP contribution in [0, 0.1) is 0 Å². The van der Waals surface area contributed by atoms with Crippen molar-refractivity contribution < 1.29 is 4.74 Å². The lowest BCUT2D eigenvalue weighted by molar-refractivity contribution is 0.304. The predicted molar refractivity (Wildman–Crippen MR) is 66.0 cm³/mol. The highest BCUT2D eigenvalue weighted by atomic mass is 16.5. The standard InChI is InChI=1S/C12H21N3O/c1-4-7-13-11-9-12(16-8-5-2)15-10(6-3)14-11/h9H,4-8H2,1-3H3,(H,13,14,15). The van der Waals surface area contributed by atoms with Crippen molar-refractivity contribution in [3.8, 4) is 5.88 Å². The third kappa shape index (κ3) is 4.04. The van der Waals surface area contributed by atoms with E-state index in [1.54, 1.807) is 0 Å². The molecular formula is C12H21N3O. The molecule has 0 aliphatic carbocycles. The van der Waals surface area contributed by atoms with Gasteiger partial charge >= 0.3 is 0 Å². The number of aryl methyl sites for hydroxylation is 1. The molecule has 0 radical (unpaired) electrons. The summed E-state index contributed by atoms with van der Waals surface area (Å²) in [5, 5.41) is 3.25. The first-order chi connectivity index (χ1) is 7.80. The van der Waals surface area contributed by atoms with Crippen LogP contribution in [0.4, 0.5) is 5.82 Å². The minimum absolute atomic E-state index is 0.673. The van der Waals surface area contributed by atoms with Crippen molar-refractivity contribution in [2.75, 3.05) is 18.5 Å². The number of ether oxygens (including phenoxy) is 1. The monoisotopic (exact) mass is 223 g/mol. The number of anilines is 1. The van der Waals surface area contributed by atoms with Crippen LogP contribution in [0.25, 0.3) is 0 Å². The van der Waals surface area contributed by atoms with E-state index in [0.717, 1.165) is 37.4 Å². The number of nitrogens with one attached hydrogen (secondary N) is 1. The molecule has 0 saturated carbocycles. The molecule has 1 heterocycles. The first-order valence-corrected chi connectivity index (χ1v) is 6.04. The average Bonchev–Trinajstić information content (AvgIpc) is 2.33. The average molecular weight is 223 g/mol. The van der Waals surface area contributed by atoms with Gasteiger partial charge in [0.1, 0.15) is 11.6 Å². The van der Waals surface area contributed by atoms with Crippen LogP contribution in [0.2, 0.25) is 0 Å². The van der Waals surface area contributed by atoms with Gasteiger partial charge in [-0.25, -0.2) is 4.98 Å². The molecule has 16 heavy (non-hydrogen) atoms. The summed E-state index contributed by atoms with van der Waals surface area (Å²) in [7, 11) is 0. The van der Waals surface area contributed by atoms with Gasteiger partial charge in [0.05, 0.1) is 6.61 Å². The molecule has 0 aromatic carbocycles. The minimum Gasteiger partial charge on any atom is -0.478 e. The highest BCUT2D eigenvalue weighted by Gasteiger charge is 2.03. The summed E-state index contributed by atoms with van der Waals surface area (Å²) >= 11 is 0. The van der Waals surface area contributed by atoms with E-state index >= 15 is 0 Å². The molecule has 0 atom stereocenters. The quantitative estimate of drug-likeness (QED) is 0.772. The maximum atomic E-state index is 5.53. The predicted octanol–water partition coefficient (Wildman–Crippen LogP) is 2.65. The van der Waals surface area contributed by atoms with Crippen LogP contribution >= 0.6 is 0 Å². The van der Waals surface area contributed by atoms with E-state index in [0.29, 0.717) is 12.5 Å². The van der Waals surface area contributed by atoms with Crippen LogP contribution in [0.5, 0.6) is 5.88 Å². The number of aromatic nitrogens is 2. The van der Waals surface area contributed by atoms with E-state index < -0.39 is 0 Å². The molecule has 0 unspecified atom stereocenters. The number of rotatable bonds is 7. The summed E-state index contributed by atoms with van der Waals surface area (Å²) in [6, 6.07) is 1.87. The zero-order valence-corrected chi connectivity index (χ0v) is 10.4. The molecule has 0 aliphatic rings. The van der Waals surface area contributed by atoms with E-state index in [2.05, 4.69) is 29.1 Å². The van der Waals surface area contributed by atoms with Crippen molar-refractivity contribution in [3.05, 3.63) is 11.9 Å². The van der Waals surface area contributed by atoms with E-state index in [1.807, 2.05) is 13.0 Å². The Morgan fingerprint density at radius 3 is 2.62 bits per heavy atom. The van der Waals surface area contributed by atoms with Gasteiger partial charge in [0.25, 0.3) is 0 Å². The molecular weight excluding hydrogens is 202 g/mol. The minimum atomic E-state index is 0.673. The molecule has 1 rings (SSSR count). The number of hydrogen-bond donors (Lipinski definition) is 1. The van der Waals surface area contributed by atoms with Gasteiger partial charge < -0.3 is 10.1 Å². The lowest BCUT2D eigenvalue weighted by Gasteiger charge is -2.09. The molecule has 4 nitrogen and oxygen atoms in total. The van der Waals surface area contributed by atoms with Crippen LogP contribution in [0.1, 0.15) is 39.4 Å². The van der Waals surface area contributed by atoms with Crippen LogP contribution in [-0.2, 0) is 6.42 Å². The van der Waals surface area contributed by atoms with Gasteiger partial charge in [0.15, 0.2) is 0 Å². The van der Waals surface area contributed by atoms with Crippen molar-refractivity contribution in [3.63, 3.8) is 0 Å². The van der Waals surface area contributed by atoms with Crippen molar-refractivity contribution in [1.82, 2.24) is 9.97 Å². The van der Waals surface area contributed by atoms with Gasteiger partial charge in [0.2, 0.25) is 5.88 Å². The fraction of sp³-hybridized carbons (Fsp3) is 0.667. The third-order valence-electron chi connectivity index (χ3n) is 2.08. The van der Waals surface area contributed by atoms with Crippen LogP contribution in [-0.4, -0.2) is 23.1 Å². The Balaban J connectivity index is 2.74. The van der Waals surface area contributed by atoms with Crippen molar-refractivity contribution >= 4 is 5.82 Å². The fourth-order valence-electron chi connectivity index (χ4n) is 1.26. The third-order valence-corrected chi connectivity index (χ3v) is 2.08. The Labute approximate surface area is 97.5 Å². The van der Waals surface area contributed by atoms with E-state index in [1.165, 1.54) is 0 Å². The molecule has 0 bridgehead atoms. The van der Waals surface area contributed by atoms with Crippen molar-refractivity contribution in [2.24, 2.45) is 0 Å². The first-order valence-electron chi connectivity index (χ1n) is 6.04. The van der Waals surface area contributed by atoms with Gasteiger partial charge in [-0.05, 0) is 12.8 Å². The highest BCUT2D eigenvalue weighted by molar-refractivity contribution is 5.38. The van der Waals surface area contributed by atoms with Crippen LogP contribution in [0.15, 0.2) is 6.07 Å². The lowest BCUT2D eigenvalue weighted by Crippen LogP contribution is -2.07. The van der Waals surface area contributed by atoms with Crippen LogP contribution < -0.4 is 10.1 Å². The van der Waals surface area contributed by atoms with Gasteiger partial charge in [-0.15, -0.1) is 0 Å². The summed E-state index contributed by atoms with van der Waals surface area (Å²) in [6.07, 6.45) is 2.89. The Morgan fingerprint density at radius 2 is 2.00 bits per heavy atom. The second-order valence-corrected chi connectivity index (χ2v) is 3.64. The maximum Gasteiger partial charge on any atom is 0.218 e. The molecule has 4 heteroatoms. The molecule has 0 amide bonds. The highest BCUT2D eigenvalue weighted by Crippen LogP contribution is 2.14. The van der Waals surface area contributed by atoms with Gasteiger partial charge in [0, 0.05) is 19.0 Å². The van der Waals surface area contributed by atoms with Crippen LogP contribution in [0.3, 0.4) is 0 Å². The first kappa shape index (κ1) is 12.7. The Bertz CT molecular complexity index is 289. The number of nitrogens with zero attached hydrogens (tertiary/aromatic N) is 2. The molecule has 0 spiro atoms. The molecule has 0 fully saturated rings. The summed E-state index contributed by atoms with van der Waals surface area (Å²) in [4.78, 5) is 8.72. The van der Waals surface area contributed by atoms with Gasteiger partial charge in [-0.1, -0.05) is 20.8 Å². The van der Waals surface area contributed by atoms with Crippen molar-refractivity contribution in [2.45, 2.75) is 40.0 Å². The van der Waals surface area contributed by atoms with Crippen molar-refractivity contribution in [1.29, 1.82) is 0 Å². The second-order valence-electron chi connectivity index (χ2n) is 3.64. The Hall–Kier alpha value is -1.32. The molecule has 0 saturated heterocycles. The largest absolute Gasteiger partial charge is 0.478 e. The van der Waals surface area contributed by atoms with Gasteiger partial charge in [-0.2, -0.15) is 4.98 Å². The zero-order chi connectivity index (χ0) is 11.8. The summed E-state index contributed by atoms with van der Waals surface area (Å²) in [5.74, 6) is 2.36. The smallest absolute Gasteiger partial charge is 0.218 e. The zero-order valence-electron chi connectivity index (χ0n) is 10.4. The molecule has 1 aromatic rings. The van der Waals surface area contributed by atoms with E-state index in [9.17, 15) is 0 Å². The SMILES string of the molecule is CCCNc1cc(OCCC)nc(CC)n1. The normalized spacial score (nSPS) is 10.2. The lowest BCUT2D eigenvalue weighted by atomic mass is 10.4. The van der Waals surface area contributed by atoms with Gasteiger partial charge in [-0.3, -0.25) is 0 Å². The number of hydrogen-bond acceptors (Lipinski definition) is 4. The second kappa shape index (κ2) is 7.04. The van der Waals surface area contributed by atoms with E-state index in [4.69, 9.17) is 4.74 Å². The Kier molecular flexibility index (Phi) is 5.61. The van der Waals surface area contributed by atoms with E-state index in [-0.39, 0.29) is 0 Å². The maximum absolute atomic E-state index is 5.53. The molecule has 1 aromatic heterocycles. The Morgan fingerprint density at radius 1 is 1.19 bits per heavy atom. The molecule has 0 aliphatic heterocycles. The summed E-state index contributed by atoms with van der Waals surface area (Å²) in [5.41, 5.74) is 0. The molecule has 1 N–H and O–H groups in total.